The largest absolute Gasteiger partial charge is 0.358 e. The van der Waals surface area contributed by atoms with E-state index in [9.17, 15) is 4.57 Å². The molecule has 0 amide bonds. The van der Waals surface area contributed by atoms with Gasteiger partial charge in [0.2, 0.25) is 0 Å². The van der Waals surface area contributed by atoms with Gasteiger partial charge in [-0.2, -0.15) is 0 Å². The van der Waals surface area contributed by atoms with E-state index in [1.165, 1.54) is 21.2 Å². The summed E-state index contributed by atoms with van der Waals surface area (Å²) in [5, 5.41) is 1.17. The quantitative estimate of drug-likeness (QED) is 0.157. The molecule has 5 nitrogen and oxygen atoms in total. The zero-order valence-electron chi connectivity index (χ0n) is 20.8. The number of aromatic nitrogens is 1. The van der Waals surface area contributed by atoms with Gasteiger partial charge in [0.15, 0.2) is 18.9 Å². The van der Waals surface area contributed by atoms with Gasteiger partial charge in [0.25, 0.3) is 0 Å². The lowest BCUT2D eigenvalue weighted by atomic mass is 10.2. The van der Waals surface area contributed by atoms with Gasteiger partial charge in [-0.05, 0) is 44.0 Å². The number of para-hydroxylation sites is 1. The van der Waals surface area contributed by atoms with E-state index in [0.717, 1.165) is 25.1 Å². The molecule has 0 saturated carbocycles. The van der Waals surface area contributed by atoms with Crippen LogP contribution >= 0.6 is 19.4 Å². The molecule has 1 aliphatic rings. The fourth-order valence-electron chi connectivity index (χ4n) is 3.98. The minimum absolute atomic E-state index is 0. The van der Waals surface area contributed by atoms with Crippen molar-refractivity contribution >= 4 is 31.1 Å². The van der Waals surface area contributed by atoms with Crippen molar-refractivity contribution in [3.63, 3.8) is 0 Å². The summed E-state index contributed by atoms with van der Waals surface area (Å²) < 4.78 is 26.0. The summed E-state index contributed by atoms with van der Waals surface area (Å²) in [7, 11) is -3.04. The van der Waals surface area contributed by atoms with Gasteiger partial charge in [0, 0.05) is 29.1 Å². The van der Waals surface area contributed by atoms with Gasteiger partial charge < -0.3 is 21.4 Å². The van der Waals surface area contributed by atoms with Gasteiger partial charge in [-0.1, -0.05) is 54.2 Å². The third-order valence-corrected chi connectivity index (χ3v) is 8.80. The molecule has 2 heterocycles. The summed E-state index contributed by atoms with van der Waals surface area (Å²) in [6.45, 7) is 6.09. The van der Waals surface area contributed by atoms with Crippen LogP contribution in [-0.4, -0.2) is 25.9 Å². The van der Waals surface area contributed by atoms with Crippen molar-refractivity contribution in [2.75, 3.05) is 30.8 Å². The Morgan fingerprint density at radius 3 is 2.29 bits per heavy atom. The predicted molar refractivity (Wildman–Crippen MR) is 147 cm³/mol. The van der Waals surface area contributed by atoms with Gasteiger partial charge in [-0.15, -0.1) is 0 Å². The Morgan fingerprint density at radius 1 is 0.943 bits per heavy atom. The first-order chi connectivity index (χ1) is 16.6. The standard InChI is InChI=1S/C27H32N2O3PS.CH3/c1-3-31-33(30,32-4-2)20-10-17-29-25-13-8-9-14-26(25)34-27(29)21-23-15-18-28(19-16-23)22-24-11-6-5-7-12-24;/h5-9,11-16,18-19,21H,3-4,10,17,20,22H2,1-2H3;1H3/q+1;-1. The first-order valence-electron chi connectivity index (χ1n) is 11.8. The number of thioether (sulfide) groups is 1. The highest BCUT2D eigenvalue weighted by molar-refractivity contribution is 8.03. The summed E-state index contributed by atoms with van der Waals surface area (Å²) in [4.78, 5) is 3.55. The van der Waals surface area contributed by atoms with Crippen LogP contribution in [-0.2, 0) is 20.2 Å². The predicted octanol–water partition coefficient (Wildman–Crippen LogP) is 7.04. The Bertz CT molecular complexity index is 1140. The molecule has 1 aromatic heterocycles. The second-order valence-electron chi connectivity index (χ2n) is 8.02. The molecular weight excluding hydrogens is 475 g/mol. The molecule has 0 N–H and O–H groups in total. The lowest BCUT2D eigenvalue weighted by Crippen LogP contribution is -2.33. The molecular formula is C28H35N2O3PS. The van der Waals surface area contributed by atoms with E-state index in [2.05, 4.69) is 88.6 Å². The summed E-state index contributed by atoms with van der Waals surface area (Å²) in [5.74, 6) is 0. The van der Waals surface area contributed by atoms with E-state index in [-0.39, 0.29) is 7.43 Å². The van der Waals surface area contributed by atoms with Gasteiger partial charge >= 0.3 is 7.60 Å². The minimum Gasteiger partial charge on any atom is -0.358 e. The van der Waals surface area contributed by atoms with E-state index >= 15 is 0 Å². The first kappa shape index (κ1) is 27.2. The second kappa shape index (κ2) is 13.1. The molecule has 2 aromatic carbocycles. The summed E-state index contributed by atoms with van der Waals surface area (Å²) in [5.41, 5.74) is 3.62. The van der Waals surface area contributed by atoms with Crippen LogP contribution in [0.25, 0.3) is 6.08 Å². The molecule has 0 fully saturated rings. The van der Waals surface area contributed by atoms with E-state index in [1.54, 1.807) is 11.8 Å². The van der Waals surface area contributed by atoms with Crippen LogP contribution in [0.3, 0.4) is 0 Å². The van der Waals surface area contributed by atoms with Crippen molar-refractivity contribution in [1.82, 2.24) is 0 Å². The monoisotopic (exact) mass is 510 g/mol. The molecule has 0 unspecified atom stereocenters. The van der Waals surface area contributed by atoms with Gasteiger partial charge in [0.1, 0.15) is 0 Å². The maximum absolute atomic E-state index is 12.9. The van der Waals surface area contributed by atoms with Gasteiger partial charge in [-0.25, -0.2) is 4.57 Å². The average Bonchev–Trinajstić information content (AvgIpc) is 3.18. The van der Waals surface area contributed by atoms with Crippen LogP contribution in [0.15, 0.2) is 89.0 Å². The Kier molecular flexibility index (Phi) is 10.2. The molecule has 4 rings (SSSR count). The third kappa shape index (κ3) is 7.31. The average molecular weight is 511 g/mol. The zero-order chi connectivity index (χ0) is 23.8. The van der Waals surface area contributed by atoms with Crippen molar-refractivity contribution in [2.24, 2.45) is 0 Å². The van der Waals surface area contributed by atoms with Gasteiger partial charge in [-0.3, -0.25) is 4.57 Å². The number of fused-ring (bicyclic) bond motifs is 1. The molecule has 1 aliphatic heterocycles. The number of hydrogen-bond donors (Lipinski definition) is 0. The first-order valence-corrected chi connectivity index (χ1v) is 14.3. The van der Waals surface area contributed by atoms with Crippen LogP contribution in [0, 0.1) is 7.43 Å². The third-order valence-electron chi connectivity index (χ3n) is 5.52. The Morgan fingerprint density at radius 2 is 1.60 bits per heavy atom. The van der Waals surface area contributed by atoms with E-state index in [0.29, 0.717) is 19.4 Å². The number of pyridine rings is 1. The van der Waals surface area contributed by atoms with E-state index in [1.807, 2.05) is 19.9 Å². The number of hydrogen-bond acceptors (Lipinski definition) is 5. The molecule has 0 aliphatic carbocycles. The number of benzene rings is 2. The Labute approximate surface area is 214 Å². The van der Waals surface area contributed by atoms with E-state index < -0.39 is 7.60 Å². The van der Waals surface area contributed by atoms with Crippen molar-refractivity contribution in [1.29, 1.82) is 0 Å². The van der Waals surface area contributed by atoms with Crippen molar-refractivity contribution in [2.45, 2.75) is 31.7 Å². The summed E-state index contributed by atoms with van der Waals surface area (Å²) >= 11 is 1.77. The van der Waals surface area contributed by atoms with Crippen LogP contribution in [0.1, 0.15) is 31.4 Å². The number of anilines is 1. The van der Waals surface area contributed by atoms with Crippen LogP contribution in [0.4, 0.5) is 5.69 Å². The highest BCUT2D eigenvalue weighted by Gasteiger charge is 2.27. The summed E-state index contributed by atoms with van der Waals surface area (Å²) in [6.07, 6.45) is 7.60. The molecule has 0 saturated heterocycles. The maximum Gasteiger partial charge on any atom is 0.330 e. The number of rotatable bonds is 11. The Balaban J connectivity index is 0.00000342. The fraction of sp³-hybridized carbons (Fsp3) is 0.286. The molecule has 0 radical (unpaired) electrons. The molecule has 0 atom stereocenters. The van der Waals surface area contributed by atoms with Crippen molar-refractivity contribution in [3.05, 3.63) is 103 Å². The zero-order valence-corrected chi connectivity index (χ0v) is 22.5. The van der Waals surface area contributed by atoms with E-state index in [4.69, 9.17) is 9.05 Å². The highest BCUT2D eigenvalue weighted by atomic mass is 32.2. The number of nitrogens with zero attached hydrogens (tertiary/aromatic N) is 2. The maximum atomic E-state index is 12.9. The van der Waals surface area contributed by atoms with Crippen LogP contribution < -0.4 is 9.47 Å². The van der Waals surface area contributed by atoms with Crippen LogP contribution in [0.5, 0.6) is 0 Å². The Hall–Kier alpha value is -2.37. The molecule has 0 spiro atoms. The SMILES string of the molecule is CCOP(=O)(CCCN1C(=Cc2cc[n+](Cc3ccccc3)cc2)Sc2ccccc21)OCC.[CH3-]. The highest BCUT2D eigenvalue weighted by Crippen LogP contribution is 2.50. The molecule has 35 heavy (non-hydrogen) atoms. The molecule has 0 bridgehead atoms. The minimum atomic E-state index is -3.04. The van der Waals surface area contributed by atoms with Crippen LogP contribution in [0.2, 0.25) is 0 Å². The lowest BCUT2D eigenvalue weighted by molar-refractivity contribution is -0.688. The fourth-order valence-corrected chi connectivity index (χ4v) is 6.78. The molecule has 3 aromatic rings. The summed E-state index contributed by atoms with van der Waals surface area (Å²) in [6, 6.07) is 23.2. The van der Waals surface area contributed by atoms with Crippen molar-refractivity contribution < 1.29 is 18.2 Å². The normalized spacial score (nSPS) is 14.1. The molecule has 186 valence electrons. The molecule has 7 heteroatoms. The lowest BCUT2D eigenvalue weighted by Gasteiger charge is -2.22. The second-order valence-corrected chi connectivity index (χ2v) is 11.3. The van der Waals surface area contributed by atoms with Crippen molar-refractivity contribution in [3.8, 4) is 0 Å². The smallest absolute Gasteiger partial charge is 0.330 e. The van der Waals surface area contributed by atoms with Gasteiger partial charge in [0.05, 0.1) is 30.1 Å². The topological polar surface area (TPSA) is 42.7 Å².